The molecule has 0 aromatic heterocycles. The van der Waals surface area contributed by atoms with E-state index in [0.29, 0.717) is 36.6 Å². The van der Waals surface area contributed by atoms with Crippen molar-refractivity contribution in [1.82, 2.24) is 10.2 Å². The number of nitrogens with one attached hydrogen (secondary N) is 1. The van der Waals surface area contributed by atoms with Gasteiger partial charge in [0, 0.05) is 31.6 Å². The molecule has 0 bridgehead atoms. The zero-order chi connectivity index (χ0) is 14.5. The number of likely N-dealkylation sites (tertiary alicyclic amines) is 1. The van der Waals surface area contributed by atoms with E-state index in [1.54, 1.807) is 0 Å². The lowest BCUT2D eigenvalue weighted by Crippen LogP contribution is -2.45. The fourth-order valence-corrected chi connectivity index (χ4v) is 3.57. The number of carbonyl (C=O) groups is 1. The van der Waals surface area contributed by atoms with Gasteiger partial charge in [0.05, 0.1) is 12.2 Å². The van der Waals surface area contributed by atoms with Crippen molar-refractivity contribution in [3.8, 4) is 0 Å². The second kappa shape index (κ2) is 7.41. The first kappa shape index (κ1) is 15.8. The van der Waals surface area contributed by atoms with Crippen LogP contribution in [0, 0.1) is 0 Å². The summed E-state index contributed by atoms with van der Waals surface area (Å²) in [5, 5.41) is 3.54. The number of piperidine rings is 1. The van der Waals surface area contributed by atoms with Crippen LogP contribution in [0.3, 0.4) is 0 Å². The molecule has 2 heterocycles. The molecule has 116 valence electrons. The Morgan fingerprint density at radius 2 is 1.90 bits per heavy atom. The fraction of sp³-hybridized carbons (Fsp3) is 0.938. The van der Waals surface area contributed by atoms with Crippen LogP contribution in [0.5, 0.6) is 0 Å². The molecule has 2 aliphatic heterocycles. The lowest BCUT2D eigenvalue weighted by molar-refractivity contribution is -0.134. The zero-order valence-corrected chi connectivity index (χ0v) is 13.2. The number of hydrogen-bond donors (Lipinski definition) is 1. The summed E-state index contributed by atoms with van der Waals surface area (Å²) in [5.74, 6) is 0.317. The molecule has 1 amide bonds. The van der Waals surface area contributed by atoms with Gasteiger partial charge in [0.15, 0.2) is 0 Å². The van der Waals surface area contributed by atoms with E-state index in [2.05, 4.69) is 31.0 Å². The first-order valence-corrected chi connectivity index (χ1v) is 8.24. The molecule has 20 heavy (non-hydrogen) atoms. The van der Waals surface area contributed by atoms with E-state index in [4.69, 9.17) is 4.74 Å². The first-order chi connectivity index (χ1) is 9.56. The number of carbonyl (C=O) groups excluding carboxylic acids is 1. The third-order valence-corrected chi connectivity index (χ3v) is 4.59. The van der Waals surface area contributed by atoms with Crippen LogP contribution in [-0.2, 0) is 9.53 Å². The van der Waals surface area contributed by atoms with Crippen molar-refractivity contribution in [2.24, 2.45) is 0 Å². The molecule has 4 heteroatoms. The number of amides is 1. The van der Waals surface area contributed by atoms with Gasteiger partial charge in [-0.25, -0.2) is 0 Å². The van der Waals surface area contributed by atoms with E-state index in [1.165, 1.54) is 12.8 Å². The predicted molar refractivity (Wildman–Crippen MR) is 80.7 cm³/mol. The van der Waals surface area contributed by atoms with Crippen LogP contribution in [-0.4, -0.2) is 48.2 Å². The van der Waals surface area contributed by atoms with E-state index < -0.39 is 0 Å². The van der Waals surface area contributed by atoms with E-state index in [9.17, 15) is 4.79 Å². The molecule has 2 fully saturated rings. The van der Waals surface area contributed by atoms with Gasteiger partial charge in [-0.1, -0.05) is 0 Å². The maximum Gasteiger partial charge on any atom is 0.224 e. The highest BCUT2D eigenvalue weighted by molar-refractivity contribution is 5.76. The second-order valence-corrected chi connectivity index (χ2v) is 6.56. The summed E-state index contributed by atoms with van der Waals surface area (Å²) in [6.07, 6.45) is 6.98. The predicted octanol–water partition coefficient (Wildman–Crippen LogP) is 2.32. The highest BCUT2D eigenvalue weighted by atomic mass is 16.5. The van der Waals surface area contributed by atoms with Crippen molar-refractivity contribution in [3.63, 3.8) is 0 Å². The summed E-state index contributed by atoms with van der Waals surface area (Å²) in [6.45, 7) is 8.18. The van der Waals surface area contributed by atoms with E-state index >= 15 is 0 Å². The first-order valence-electron chi connectivity index (χ1n) is 8.24. The molecule has 0 radical (unpaired) electrons. The molecular formula is C16H30N2O2. The summed E-state index contributed by atoms with van der Waals surface area (Å²) >= 11 is 0. The van der Waals surface area contributed by atoms with E-state index in [0.717, 1.165) is 32.4 Å². The number of rotatable bonds is 4. The maximum atomic E-state index is 12.2. The van der Waals surface area contributed by atoms with Crippen LogP contribution >= 0.6 is 0 Å². The SMILES string of the molecule is C[C@@H]1CC(NCCC(=O)N2CCCC[C@@H]2C)C[C@H](C)O1. The minimum absolute atomic E-state index is 0.317. The summed E-state index contributed by atoms with van der Waals surface area (Å²) in [6, 6.07) is 0.930. The van der Waals surface area contributed by atoms with Crippen molar-refractivity contribution < 1.29 is 9.53 Å². The Hall–Kier alpha value is -0.610. The maximum absolute atomic E-state index is 12.2. The van der Waals surface area contributed by atoms with E-state index in [-0.39, 0.29) is 0 Å². The third-order valence-electron chi connectivity index (χ3n) is 4.59. The van der Waals surface area contributed by atoms with Crippen LogP contribution < -0.4 is 5.32 Å². The van der Waals surface area contributed by atoms with Crippen molar-refractivity contribution in [2.75, 3.05) is 13.1 Å². The highest BCUT2D eigenvalue weighted by Crippen LogP contribution is 2.19. The minimum Gasteiger partial charge on any atom is -0.375 e. The van der Waals surface area contributed by atoms with Gasteiger partial charge in [-0.3, -0.25) is 4.79 Å². The van der Waals surface area contributed by atoms with Crippen molar-refractivity contribution in [3.05, 3.63) is 0 Å². The van der Waals surface area contributed by atoms with Crippen LogP contribution in [0.2, 0.25) is 0 Å². The largest absolute Gasteiger partial charge is 0.375 e. The second-order valence-electron chi connectivity index (χ2n) is 6.56. The van der Waals surface area contributed by atoms with Gasteiger partial charge in [0.25, 0.3) is 0 Å². The Kier molecular flexibility index (Phi) is 5.85. The minimum atomic E-state index is 0.317. The molecule has 4 nitrogen and oxygen atoms in total. The van der Waals surface area contributed by atoms with Crippen molar-refractivity contribution >= 4 is 5.91 Å². The number of nitrogens with zero attached hydrogens (tertiary/aromatic N) is 1. The third kappa shape index (κ3) is 4.45. The Labute approximate surface area is 123 Å². The summed E-state index contributed by atoms with van der Waals surface area (Å²) in [7, 11) is 0. The average molecular weight is 282 g/mol. The Balaban J connectivity index is 1.68. The van der Waals surface area contributed by atoms with E-state index in [1.807, 2.05) is 0 Å². The normalized spacial score (nSPS) is 35.0. The highest BCUT2D eigenvalue weighted by Gasteiger charge is 2.25. The summed E-state index contributed by atoms with van der Waals surface area (Å²) in [4.78, 5) is 14.3. The smallest absolute Gasteiger partial charge is 0.224 e. The van der Waals surface area contributed by atoms with Crippen molar-refractivity contribution in [1.29, 1.82) is 0 Å². The quantitative estimate of drug-likeness (QED) is 0.860. The lowest BCUT2D eigenvalue weighted by Gasteiger charge is -2.34. The molecular weight excluding hydrogens is 252 g/mol. The van der Waals surface area contributed by atoms with Gasteiger partial charge in [-0.05, 0) is 52.9 Å². The molecule has 1 N–H and O–H groups in total. The molecule has 0 spiro atoms. The van der Waals surface area contributed by atoms with Gasteiger partial charge in [-0.15, -0.1) is 0 Å². The molecule has 2 aliphatic rings. The van der Waals surface area contributed by atoms with Crippen LogP contribution in [0.25, 0.3) is 0 Å². The molecule has 2 rings (SSSR count). The van der Waals surface area contributed by atoms with Crippen LogP contribution in [0.1, 0.15) is 59.3 Å². The van der Waals surface area contributed by atoms with Gasteiger partial charge < -0.3 is 15.0 Å². The number of hydrogen-bond acceptors (Lipinski definition) is 3. The molecule has 0 aromatic rings. The molecule has 4 atom stereocenters. The molecule has 0 aromatic carbocycles. The number of ether oxygens (including phenoxy) is 1. The van der Waals surface area contributed by atoms with Crippen molar-refractivity contribution in [2.45, 2.75) is 83.6 Å². The molecule has 2 saturated heterocycles. The monoisotopic (exact) mass is 282 g/mol. The summed E-state index contributed by atoms with van der Waals surface area (Å²) in [5.41, 5.74) is 0. The average Bonchev–Trinajstić information content (AvgIpc) is 2.38. The topological polar surface area (TPSA) is 41.6 Å². The molecule has 0 aliphatic carbocycles. The van der Waals surface area contributed by atoms with Crippen LogP contribution in [0.4, 0.5) is 0 Å². The van der Waals surface area contributed by atoms with Gasteiger partial charge in [-0.2, -0.15) is 0 Å². The van der Waals surface area contributed by atoms with Gasteiger partial charge in [0.2, 0.25) is 5.91 Å². The molecule has 1 unspecified atom stereocenters. The fourth-order valence-electron chi connectivity index (χ4n) is 3.57. The van der Waals surface area contributed by atoms with Gasteiger partial charge in [0.1, 0.15) is 0 Å². The summed E-state index contributed by atoms with van der Waals surface area (Å²) < 4.78 is 5.74. The Morgan fingerprint density at radius 3 is 2.55 bits per heavy atom. The van der Waals surface area contributed by atoms with Crippen LogP contribution in [0.15, 0.2) is 0 Å². The Bertz CT molecular complexity index is 312. The standard InChI is InChI=1S/C16H30N2O2/c1-12-6-4-5-9-18(12)16(19)7-8-17-15-10-13(2)20-14(3)11-15/h12-15,17H,4-11H2,1-3H3/t12-,13-,14+,15?/m0/s1. The Morgan fingerprint density at radius 1 is 1.20 bits per heavy atom. The lowest BCUT2D eigenvalue weighted by atomic mass is 9.99. The molecule has 0 saturated carbocycles. The zero-order valence-electron chi connectivity index (χ0n) is 13.2. The van der Waals surface area contributed by atoms with Gasteiger partial charge >= 0.3 is 0 Å².